The molecule has 2 aliphatic heterocycles. The Balaban J connectivity index is 1.70. The van der Waals surface area contributed by atoms with Gasteiger partial charge in [-0.15, -0.1) is 0 Å². The van der Waals surface area contributed by atoms with Crippen LogP contribution in [0.1, 0.15) is 29.0 Å². The molecule has 3 heterocycles. The predicted molar refractivity (Wildman–Crippen MR) is 86.1 cm³/mol. The number of aryl methyl sites for hydroxylation is 1. The van der Waals surface area contributed by atoms with Crippen molar-refractivity contribution in [2.45, 2.75) is 25.8 Å². The van der Waals surface area contributed by atoms with Crippen LogP contribution < -0.4 is 0 Å². The molecule has 5 nitrogen and oxygen atoms in total. The number of halogens is 1. The minimum absolute atomic E-state index is 0.101. The molecule has 2 aliphatic rings. The number of likely N-dealkylation sites (N-methyl/N-ethyl adjacent to an activating group) is 1. The summed E-state index contributed by atoms with van der Waals surface area (Å²) >= 11 is 0. The van der Waals surface area contributed by atoms with E-state index in [0.717, 1.165) is 18.4 Å². The molecule has 0 unspecified atom stereocenters. The Hall–Kier alpha value is -2.37. The second-order valence-electron chi connectivity index (χ2n) is 6.75. The van der Waals surface area contributed by atoms with Gasteiger partial charge in [0.2, 0.25) is 5.91 Å². The summed E-state index contributed by atoms with van der Waals surface area (Å²) in [6.07, 6.45) is 1.60. The van der Waals surface area contributed by atoms with Gasteiger partial charge >= 0.3 is 0 Å². The fourth-order valence-corrected chi connectivity index (χ4v) is 3.95. The van der Waals surface area contributed by atoms with Gasteiger partial charge in [-0.1, -0.05) is 6.07 Å². The van der Waals surface area contributed by atoms with Crippen molar-refractivity contribution in [3.05, 3.63) is 35.3 Å². The lowest BCUT2D eigenvalue weighted by molar-refractivity contribution is -0.130. The van der Waals surface area contributed by atoms with Crippen LogP contribution in [-0.4, -0.2) is 47.8 Å². The van der Waals surface area contributed by atoms with Gasteiger partial charge in [0.15, 0.2) is 17.2 Å². The molecule has 2 atom stereocenters. The van der Waals surface area contributed by atoms with Crippen molar-refractivity contribution in [1.82, 2.24) is 9.80 Å². The Morgan fingerprint density at radius 2 is 2.17 bits per heavy atom. The molecule has 2 aromatic rings. The van der Waals surface area contributed by atoms with Crippen LogP contribution in [0.3, 0.4) is 0 Å². The van der Waals surface area contributed by atoms with Crippen LogP contribution in [0.25, 0.3) is 11.0 Å². The third-order valence-corrected chi connectivity index (χ3v) is 5.26. The molecule has 1 aromatic heterocycles. The molecular formula is C18H19FN2O3. The number of hydrogen-bond acceptors (Lipinski definition) is 3. The van der Waals surface area contributed by atoms with Crippen molar-refractivity contribution in [3.8, 4) is 0 Å². The molecular weight excluding hydrogens is 311 g/mol. The zero-order valence-electron chi connectivity index (χ0n) is 13.7. The Labute approximate surface area is 139 Å². The van der Waals surface area contributed by atoms with Crippen LogP contribution in [0.5, 0.6) is 0 Å². The number of benzene rings is 1. The molecule has 2 saturated heterocycles. The quantitative estimate of drug-likeness (QED) is 0.807. The predicted octanol–water partition coefficient (Wildman–Crippen LogP) is 2.57. The molecule has 6 heteroatoms. The number of furan rings is 1. The largest absolute Gasteiger partial charge is 0.448 e. The van der Waals surface area contributed by atoms with E-state index in [-0.39, 0.29) is 35.1 Å². The molecule has 0 saturated carbocycles. The first-order valence-electron chi connectivity index (χ1n) is 8.22. The summed E-state index contributed by atoms with van der Waals surface area (Å²) in [4.78, 5) is 28.5. The molecule has 0 bridgehead atoms. The molecule has 126 valence electrons. The lowest BCUT2D eigenvalue weighted by Crippen LogP contribution is -2.48. The van der Waals surface area contributed by atoms with E-state index in [1.54, 1.807) is 29.0 Å². The maximum absolute atomic E-state index is 13.9. The van der Waals surface area contributed by atoms with Gasteiger partial charge in [0, 0.05) is 25.5 Å². The highest BCUT2D eigenvalue weighted by Crippen LogP contribution is 2.33. The van der Waals surface area contributed by atoms with Crippen molar-refractivity contribution < 1.29 is 18.4 Å². The van der Waals surface area contributed by atoms with Crippen LogP contribution in [-0.2, 0) is 4.79 Å². The highest BCUT2D eigenvalue weighted by atomic mass is 19.1. The molecule has 0 aliphatic carbocycles. The van der Waals surface area contributed by atoms with E-state index in [0.29, 0.717) is 18.5 Å². The van der Waals surface area contributed by atoms with Crippen LogP contribution >= 0.6 is 0 Å². The second-order valence-corrected chi connectivity index (χ2v) is 6.75. The number of hydrogen-bond donors (Lipinski definition) is 0. The fraction of sp³-hybridized carbons (Fsp3) is 0.444. The van der Waals surface area contributed by atoms with Gasteiger partial charge in [-0.05, 0) is 37.5 Å². The molecule has 2 amide bonds. The summed E-state index contributed by atoms with van der Waals surface area (Å²) in [6, 6.07) is 4.50. The Morgan fingerprint density at radius 3 is 2.92 bits per heavy atom. The average molecular weight is 330 g/mol. The van der Waals surface area contributed by atoms with E-state index in [1.165, 1.54) is 6.07 Å². The van der Waals surface area contributed by atoms with Crippen molar-refractivity contribution in [1.29, 1.82) is 0 Å². The first-order valence-corrected chi connectivity index (χ1v) is 8.22. The smallest absolute Gasteiger partial charge is 0.289 e. The maximum atomic E-state index is 13.9. The second kappa shape index (κ2) is 5.33. The van der Waals surface area contributed by atoms with Crippen molar-refractivity contribution in [2.75, 3.05) is 20.1 Å². The van der Waals surface area contributed by atoms with E-state index >= 15 is 0 Å². The van der Waals surface area contributed by atoms with Gasteiger partial charge in [-0.25, -0.2) is 4.39 Å². The van der Waals surface area contributed by atoms with Gasteiger partial charge in [0.05, 0.1) is 12.0 Å². The number of piperidine rings is 1. The highest BCUT2D eigenvalue weighted by molar-refractivity contribution is 5.98. The lowest BCUT2D eigenvalue weighted by Gasteiger charge is -2.35. The Kier molecular flexibility index (Phi) is 3.37. The molecule has 4 rings (SSSR count). The lowest BCUT2D eigenvalue weighted by atomic mass is 9.91. The van der Waals surface area contributed by atoms with Crippen LogP contribution in [0, 0.1) is 18.7 Å². The van der Waals surface area contributed by atoms with Crippen molar-refractivity contribution >= 4 is 22.8 Å². The van der Waals surface area contributed by atoms with Gasteiger partial charge in [0.25, 0.3) is 5.91 Å². The first-order chi connectivity index (χ1) is 11.5. The number of nitrogens with zero attached hydrogens (tertiary/aromatic N) is 2. The van der Waals surface area contributed by atoms with Crippen LogP contribution in [0.15, 0.2) is 22.6 Å². The van der Waals surface area contributed by atoms with E-state index in [2.05, 4.69) is 0 Å². The standard InChI is InChI=1S/C18H19FN2O3/c1-10-5-6-13(19)16-12(10)8-15(24-16)18(23)21-7-3-4-11-14(21)9-20(2)17(11)22/h5-6,8,11,14H,3-4,7,9H2,1-2H3/t11-,14-/m1/s1. The summed E-state index contributed by atoms with van der Waals surface area (Å²) in [5, 5.41) is 0.617. The molecule has 0 radical (unpaired) electrons. The van der Waals surface area contributed by atoms with Gasteiger partial charge in [-0.2, -0.15) is 0 Å². The number of fused-ring (bicyclic) bond motifs is 2. The topological polar surface area (TPSA) is 53.8 Å². The molecule has 24 heavy (non-hydrogen) atoms. The fourth-order valence-electron chi connectivity index (χ4n) is 3.95. The summed E-state index contributed by atoms with van der Waals surface area (Å²) < 4.78 is 19.5. The summed E-state index contributed by atoms with van der Waals surface area (Å²) in [7, 11) is 1.77. The first kappa shape index (κ1) is 15.2. The van der Waals surface area contributed by atoms with Gasteiger partial charge < -0.3 is 14.2 Å². The van der Waals surface area contributed by atoms with E-state index < -0.39 is 5.82 Å². The third kappa shape index (κ3) is 2.12. The maximum Gasteiger partial charge on any atom is 0.289 e. The number of carbonyl (C=O) groups excluding carboxylic acids is 2. The minimum Gasteiger partial charge on any atom is -0.448 e. The molecule has 1 aromatic carbocycles. The summed E-state index contributed by atoms with van der Waals surface area (Å²) in [5.74, 6) is -0.620. The van der Waals surface area contributed by atoms with Crippen molar-refractivity contribution in [2.24, 2.45) is 5.92 Å². The van der Waals surface area contributed by atoms with E-state index in [1.807, 2.05) is 6.92 Å². The SMILES string of the molecule is Cc1ccc(F)c2oc(C(=O)N3CCC[C@H]4C(=O)N(C)C[C@H]43)cc12. The van der Waals surface area contributed by atoms with Gasteiger partial charge in [-0.3, -0.25) is 9.59 Å². The number of carbonyl (C=O) groups is 2. The van der Waals surface area contributed by atoms with E-state index in [9.17, 15) is 14.0 Å². The molecule has 2 fully saturated rings. The highest BCUT2D eigenvalue weighted by Gasteiger charge is 2.45. The average Bonchev–Trinajstić information content (AvgIpc) is 3.14. The summed E-state index contributed by atoms with van der Waals surface area (Å²) in [5.41, 5.74) is 0.980. The summed E-state index contributed by atoms with van der Waals surface area (Å²) in [6.45, 7) is 3.00. The third-order valence-electron chi connectivity index (χ3n) is 5.26. The number of likely N-dealkylation sites (tertiary alicyclic amines) is 2. The van der Waals surface area contributed by atoms with Crippen molar-refractivity contribution in [3.63, 3.8) is 0 Å². The number of amides is 2. The molecule has 0 N–H and O–H groups in total. The van der Waals surface area contributed by atoms with Crippen LogP contribution in [0.2, 0.25) is 0 Å². The van der Waals surface area contributed by atoms with Gasteiger partial charge in [0.1, 0.15) is 0 Å². The zero-order chi connectivity index (χ0) is 17.0. The minimum atomic E-state index is -0.470. The molecule has 0 spiro atoms. The zero-order valence-corrected chi connectivity index (χ0v) is 13.7. The van der Waals surface area contributed by atoms with E-state index in [4.69, 9.17) is 4.42 Å². The van der Waals surface area contributed by atoms with Crippen LogP contribution in [0.4, 0.5) is 4.39 Å². The monoisotopic (exact) mass is 330 g/mol. The Morgan fingerprint density at radius 1 is 1.38 bits per heavy atom. The normalized spacial score (nSPS) is 23.9. The number of rotatable bonds is 1. The Bertz CT molecular complexity index is 805.